The van der Waals surface area contributed by atoms with Crippen LogP contribution in [0.5, 0.6) is 0 Å². The third-order valence-electron chi connectivity index (χ3n) is 3.74. The number of imidazole rings is 1. The number of nitrogens with zero attached hydrogens (tertiary/aromatic N) is 2. The summed E-state index contributed by atoms with van der Waals surface area (Å²) in [5, 5.41) is 10.8. The average molecular weight is 410 g/mol. The van der Waals surface area contributed by atoms with Gasteiger partial charge < -0.3 is 14.2 Å². The first-order valence-electron chi connectivity index (χ1n) is 7.12. The number of pyridine rings is 1. The van der Waals surface area contributed by atoms with E-state index in [1.165, 1.54) is 7.11 Å². The second-order valence-electron chi connectivity index (χ2n) is 5.33. The molecule has 0 spiro atoms. The van der Waals surface area contributed by atoms with E-state index in [1.807, 2.05) is 41.9 Å². The van der Waals surface area contributed by atoms with Crippen LogP contribution < -0.4 is 0 Å². The van der Waals surface area contributed by atoms with E-state index in [9.17, 15) is 9.90 Å². The van der Waals surface area contributed by atoms with E-state index in [2.05, 4.69) is 25.7 Å². The molecule has 2 aromatic heterocycles. The second kappa shape index (κ2) is 6.55. The number of hydrogen-bond donors (Lipinski definition) is 1. The largest absolute Gasteiger partial charge is 0.467 e. The van der Waals surface area contributed by atoms with Crippen LogP contribution in [0.4, 0.5) is 0 Å². The molecule has 7 heteroatoms. The van der Waals surface area contributed by atoms with E-state index in [-0.39, 0.29) is 0 Å². The van der Waals surface area contributed by atoms with Crippen LogP contribution in [0.25, 0.3) is 16.9 Å². The summed E-state index contributed by atoms with van der Waals surface area (Å²) in [6.45, 7) is 1.81. The Balaban J connectivity index is 2.17. The van der Waals surface area contributed by atoms with Crippen LogP contribution in [0.2, 0.25) is 5.02 Å². The Bertz CT molecular complexity index is 939. The molecule has 1 unspecified atom stereocenters. The summed E-state index contributed by atoms with van der Waals surface area (Å²) in [5.74, 6) is -0.718. The first-order chi connectivity index (χ1) is 11.4. The number of aliphatic hydroxyl groups is 1. The SMILES string of the molecule is COC(=O)C(O)c1c(C)cn2cc(-c3cccc(Cl)c3)nc2c1Br. The van der Waals surface area contributed by atoms with Crippen molar-refractivity contribution < 1.29 is 14.6 Å². The fourth-order valence-electron chi connectivity index (χ4n) is 2.58. The minimum atomic E-state index is -1.37. The number of methoxy groups -OCH3 is 1. The molecule has 0 bridgehead atoms. The smallest absolute Gasteiger partial charge is 0.339 e. The maximum atomic E-state index is 11.7. The molecule has 1 atom stereocenters. The highest BCUT2D eigenvalue weighted by molar-refractivity contribution is 9.10. The first kappa shape index (κ1) is 17.0. The van der Waals surface area contributed by atoms with Gasteiger partial charge in [-0.05, 0) is 40.5 Å². The Morgan fingerprint density at radius 3 is 2.83 bits per heavy atom. The molecule has 0 saturated carbocycles. The first-order valence-corrected chi connectivity index (χ1v) is 8.29. The highest BCUT2D eigenvalue weighted by Gasteiger charge is 2.25. The Labute approximate surface area is 152 Å². The maximum Gasteiger partial charge on any atom is 0.339 e. The molecule has 2 heterocycles. The number of rotatable bonds is 3. The number of aromatic nitrogens is 2. The molecule has 124 valence electrons. The zero-order valence-electron chi connectivity index (χ0n) is 13.0. The van der Waals surface area contributed by atoms with Crippen molar-refractivity contribution in [3.8, 4) is 11.3 Å². The van der Waals surface area contributed by atoms with Crippen molar-refractivity contribution in [1.29, 1.82) is 0 Å². The minimum absolute atomic E-state index is 0.442. The van der Waals surface area contributed by atoms with Gasteiger partial charge in [0, 0.05) is 28.5 Å². The zero-order valence-corrected chi connectivity index (χ0v) is 15.3. The van der Waals surface area contributed by atoms with Gasteiger partial charge in [-0.1, -0.05) is 23.7 Å². The number of halogens is 2. The van der Waals surface area contributed by atoms with Crippen molar-refractivity contribution in [3.05, 3.63) is 57.3 Å². The summed E-state index contributed by atoms with van der Waals surface area (Å²) in [4.78, 5) is 16.3. The Morgan fingerprint density at radius 1 is 1.42 bits per heavy atom. The molecule has 0 saturated heterocycles. The molecule has 3 aromatic rings. The fourth-order valence-corrected chi connectivity index (χ4v) is 3.59. The number of hydrogen-bond acceptors (Lipinski definition) is 4. The van der Waals surface area contributed by atoms with Crippen LogP contribution in [0, 0.1) is 6.92 Å². The van der Waals surface area contributed by atoms with Crippen molar-refractivity contribution in [1.82, 2.24) is 9.38 Å². The lowest BCUT2D eigenvalue weighted by molar-refractivity contribution is -0.150. The summed E-state index contributed by atoms with van der Waals surface area (Å²) in [7, 11) is 1.24. The Kier molecular flexibility index (Phi) is 4.62. The van der Waals surface area contributed by atoms with Gasteiger partial charge in [0.15, 0.2) is 11.8 Å². The number of esters is 1. The highest BCUT2D eigenvalue weighted by Crippen LogP contribution is 2.33. The van der Waals surface area contributed by atoms with Crippen molar-refractivity contribution in [2.24, 2.45) is 0 Å². The predicted octanol–water partition coefficient (Wildman–Crippen LogP) is 3.93. The standard InChI is InChI=1S/C17H14BrClN2O3/c1-9-7-21-8-12(10-4-3-5-11(19)6-10)20-16(21)14(18)13(9)15(22)17(23)24-2/h3-8,15,22H,1-2H3. The quantitative estimate of drug-likeness (QED) is 0.666. The van der Waals surface area contributed by atoms with Crippen LogP contribution in [-0.4, -0.2) is 27.6 Å². The molecular weight excluding hydrogens is 396 g/mol. The van der Waals surface area contributed by atoms with Crippen molar-refractivity contribution in [2.45, 2.75) is 13.0 Å². The number of aliphatic hydroxyl groups excluding tert-OH is 1. The van der Waals surface area contributed by atoms with Crippen LogP contribution in [0.1, 0.15) is 17.2 Å². The summed E-state index contributed by atoms with van der Waals surface area (Å²) in [6.07, 6.45) is 2.30. The van der Waals surface area contributed by atoms with Gasteiger partial charge in [-0.15, -0.1) is 0 Å². The van der Waals surface area contributed by atoms with Crippen LogP contribution in [0.15, 0.2) is 41.1 Å². The molecule has 0 aliphatic carbocycles. The minimum Gasteiger partial charge on any atom is -0.467 e. The molecule has 3 rings (SSSR count). The van der Waals surface area contributed by atoms with Crippen molar-refractivity contribution in [2.75, 3.05) is 7.11 Å². The third kappa shape index (κ3) is 2.92. The van der Waals surface area contributed by atoms with Gasteiger partial charge >= 0.3 is 5.97 Å². The zero-order chi connectivity index (χ0) is 17.4. The van der Waals surface area contributed by atoms with Crippen LogP contribution in [0.3, 0.4) is 0 Å². The number of aryl methyl sites for hydroxylation is 1. The van der Waals surface area contributed by atoms with Gasteiger partial charge in [-0.25, -0.2) is 9.78 Å². The van der Waals surface area contributed by atoms with E-state index in [0.717, 1.165) is 16.8 Å². The molecule has 24 heavy (non-hydrogen) atoms. The van der Waals surface area contributed by atoms with Crippen molar-refractivity contribution in [3.63, 3.8) is 0 Å². The molecule has 0 amide bonds. The average Bonchev–Trinajstić information content (AvgIpc) is 2.98. The van der Waals surface area contributed by atoms with Crippen LogP contribution in [-0.2, 0) is 9.53 Å². The number of carbonyl (C=O) groups excluding carboxylic acids is 1. The lowest BCUT2D eigenvalue weighted by atomic mass is 10.1. The number of ether oxygens (including phenoxy) is 1. The summed E-state index contributed by atoms with van der Waals surface area (Å²) in [5.41, 5.74) is 3.39. The van der Waals surface area contributed by atoms with E-state index in [0.29, 0.717) is 20.7 Å². The van der Waals surface area contributed by atoms with E-state index < -0.39 is 12.1 Å². The number of fused-ring (bicyclic) bond motifs is 1. The van der Waals surface area contributed by atoms with E-state index >= 15 is 0 Å². The lowest BCUT2D eigenvalue weighted by Gasteiger charge is -2.14. The molecule has 1 N–H and O–H groups in total. The number of carbonyl (C=O) groups is 1. The van der Waals surface area contributed by atoms with Gasteiger partial charge in [0.05, 0.1) is 17.3 Å². The van der Waals surface area contributed by atoms with Gasteiger partial charge in [0.2, 0.25) is 0 Å². The van der Waals surface area contributed by atoms with Gasteiger partial charge in [-0.2, -0.15) is 0 Å². The molecule has 0 aliphatic heterocycles. The van der Waals surface area contributed by atoms with E-state index in [1.54, 1.807) is 6.07 Å². The van der Waals surface area contributed by atoms with Gasteiger partial charge in [-0.3, -0.25) is 0 Å². The van der Waals surface area contributed by atoms with Crippen molar-refractivity contribution >= 4 is 39.1 Å². The molecule has 0 fully saturated rings. The fraction of sp³-hybridized carbons (Fsp3) is 0.176. The summed E-state index contributed by atoms with van der Waals surface area (Å²) < 4.78 is 7.01. The predicted molar refractivity (Wildman–Crippen MR) is 95.1 cm³/mol. The maximum absolute atomic E-state index is 11.7. The Hall–Kier alpha value is -1.89. The second-order valence-corrected chi connectivity index (χ2v) is 6.56. The lowest BCUT2D eigenvalue weighted by Crippen LogP contribution is -2.16. The Morgan fingerprint density at radius 2 is 2.17 bits per heavy atom. The number of benzene rings is 1. The molecular formula is C17H14BrClN2O3. The van der Waals surface area contributed by atoms with Crippen LogP contribution >= 0.6 is 27.5 Å². The monoisotopic (exact) mass is 408 g/mol. The molecule has 0 aliphatic rings. The molecule has 0 radical (unpaired) electrons. The van der Waals surface area contributed by atoms with Gasteiger partial charge in [0.1, 0.15) is 0 Å². The topological polar surface area (TPSA) is 63.8 Å². The summed E-state index contributed by atoms with van der Waals surface area (Å²) in [6, 6.07) is 7.40. The van der Waals surface area contributed by atoms with Gasteiger partial charge in [0.25, 0.3) is 0 Å². The highest BCUT2D eigenvalue weighted by atomic mass is 79.9. The third-order valence-corrected chi connectivity index (χ3v) is 4.76. The molecule has 5 nitrogen and oxygen atoms in total. The van der Waals surface area contributed by atoms with E-state index in [4.69, 9.17) is 11.6 Å². The summed E-state index contributed by atoms with van der Waals surface area (Å²) >= 11 is 9.49. The normalized spacial score (nSPS) is 12.4. The molecule has 1 aromatic carbocycles.